The maximum Gasteiger partial charge on any atom is 0.274 e. The molecule has 1 amide bonds. The highest BCUT2D eigenvalue weighted by Gasteiger charge is 2.32. The molecule has 2 saturated heterocycles. The number of rotatable bonds is 3. The fraction of sp³-hybridized carbons (Fsp3) is 0.524. The lowest BCUT2D eigenvalue weighted by atomic mass is 9.96. The summed E-state index contributed by atoms with van der Waals surface area (Å²) in [4.78, 5) is 15.2. The lowest BCUT2D eigenvalue weighted by Crippen LogP contribution is -2.33. The molecule has 0 spiro atoms. The predicted octanol–water partition coefficient (Wildman–Crippen LogP) is 3.40. The van der Waals surface area contributed by atoms with Gasteiger partial charge < -0.3 is 10.2 Å². The number of carbonyl (C=O) groups is 1. The van der Waals surface area contributed by atoms with Crippen LogP contribution in [0.3, 0.4) is 0 Å². The van der Waals surface area contributed by atoms with Crippen LogP contribution in [0, 0.1) is 13.8 Å². The van der Waals surface area contributed by atoms with E-state index >= 15 is 0 Å². The minimum Gasteiger partial charge on any atom is -0.330 e. The average Bonchev–Trinajstić information content (AvgIpc) is 3.34. The second-order valence-corrected chi connectivity index (χ2v) is 7.63. The molecular weight excluding hydrogens is 324 g/mol. The average molecular weight is 352 g/mol. The second-order valence-electron chi connectivity index (χ2n) is 7.63. The van der Waals surface area contributed by atoms with Crippen LogP contribution in [0.25, 0.3) is 0 Å². The molecule has 4 rings (SSSR count). The number of piperidine rings is 1. The Morgan fingerprint density at radius 2 is 2.08 bits per heavy atom. The summed E-state index contributed by atoms with van der Waals surface area (Å²) in [7, 11) is 0. The zero-order valence-electron chi connectivity index (χ0n) is 15.7. The van der Waals surface area contributed by atoms with E-state index in [4.69, 9.17) is 0 Å². The van der Waals surface area contributed by atoms with Crippen LogP contribution in [-0.4, -0.2) is 40.2 Å². The quantitative estimate of drug-likeness (QED) is 0.921. The summed E-state index contributed by atoms with van der Waals surface area (Å²) >= 11 is 0. The van der Waals surface area contributed by atoms with Crippen molar-refractivity contribution in [2.24, 2.45) is 0 Å². The van der Waals surface area contributed by atoms with E-state index < -0.39 is 0 Å². The molecule has 1 N–H and O–H groups in total. The van der Waals surface area contributed by atoms with Gasteiger partial charge in [-0.2, -0.15) is 5.10 Å². The largest absolute Gasteiger partial charge is 0.330 e. The van der Waals surface area contributed by atoms with Gasteiger partial charge in [0.05, 0.1) is 12.1 Å². The second kappa shape index (κ2) is 7.23. The van der Waals surface area contributed by atoms with E-state index in [2.05, 4.69) is 42.5 Å². The molecule has 0 radical (unpaired) electrons. The summed E-state index contributed by atoms with van der Waals surface area (Å²) in [6.07, 6.45) is 6.33. The number of hydrogen-bond donors (Lipinski definition) is 1. The van der Waals surface area contributed by atoms with Crippen molar-refractivity contribution in [3.8, 4) is 0 Å². The molecule has 2 aliphatic heterocycles. The van der Waals surface area contributed by atoms with Gasteiger partial charge in [0.1, 0.15) is 5.69 Å². The smallest absolute Gasteiger partial charge is 0.274 e. The van der Waals surface area contributed by atoms with Gasteiger partial charge in [-0.3, -0.25) is 9.48 Å². The van der Waals surface area contributed by atoms with Crippen LogP contribution in [0.5, 0.6) is 0 Å². The first-order valence-electron chi connectivity index (χ1n) is 9.78. The molecule has 1 aromatic carbocycles. The highest BCUT2D eigenvalue weighted by Crippen LogP contribution is 2.35. The first kappa shape index (κ1) is 17.3. The Hall–Kier alpha value is -2.14. The molecule has 1 aromatic heterocycles. The first-order chi connectivity index (χ1) is 12.6. The fourth-order valence-electron chi connectivity index (χ4n) is 4.33. The van der Waals surface area contributed by atoms with Crippen molar-refractivity contribution in [3.05, 3.63) is 52.8 Å². The highest BCUT2D eigenvalue weighted by molar-refractivity contribution is 5.92. The van der Waals surface area contributed by atoms with Crippen molar-refractivity contribution in [2.75, 3.05) is 19.6 Å². The molecule has 5 heteroatoms. The lowest BCUT2D eigenvalue weighted by Gasteiger charge is -2.26. The molecular formula is C21H28N4O. The zero-order valence-corrected chi connectivity index (χ0v) is 15.7. The van der Waals surface area contributed by atoms with Crippen molar-refractivity contribution >= 4 is 5.91 Å². The Kier molecular flexibility index (Phi) is 4.81. The van der Waals surface area contributed by atoms with Crippen molar-refractivity contribution in [2.45, 2.75) is 51.6 Å². The van der Waals surface area contributed by atoms with E-state index in [0.29, 0.717) is 11.7 Å². The third kappa shape index (κ3) is 3.16. The third-order valence-electron chi connectivity index (χ3n) is 5.99. The summed E-state index contributed by atoms with van der Waals surface area (Å²) in [5.74, 6) is 0.0657. The monoisotopic (exact) mass is 352 g/mol. The van der Waals surface area contributed by atoms with E-state index in [0.717, 1.165) is 45.3 Å². The van der Waals surface area contributed by atoms with Gasteiger partial charge in [0, 0.05) is 19.3 Å². The molecule has 0 aliphatic carbocycles. The number of nitrogens with zero attached hydrogens (tertiary/aromatic N) is 3. The molecule has 3 heterocycles. The molecule has 2 atom stereocenters. The van der Waals surface area contributed by atoms with Gasteiger partial charge in [-0.25, -0.2) is 0 Å². The first-order valence-corrected chi connectivity index (χ1v) is 9.78. The van der Waals surface area contributed by atoms with E-state index in [1.165, 1.54) is 16.7 Å². The predicted molar refractivity (Wildman–Crippen MR) is 102 cm³/mol. The standard InChI is InChI=1S/C21H28N4O/c1-15-6-3-8-18(16(15)2)20-9-5-12-24(20)21(26)19-10-13-25(23-19)17-7-4-11-22-14-17/h3,6,8,10,13,17,20,22H,4-5,7,9,11-12,14H2,1-2H3. The highest BCUT2D eigenvalue weighted by atomic mass is 16.2. The van der Waals surface area contributed by atoms with Crippen molar-refractivity contribution < 1.29 is 4.79 Å². The minimum absolute atomic E-state index is 0.0657. The zero-order chi connectivity index (χ0) is 18.1. The van der Waals surface area contributed by atoms with E-state index in [9.17, 15) is 4.79 Å². The van der Waals surface area contributed by atoms with Gasteiger partial charge in [-0.15, -0.1) is 0 Å². The summed E-state index contributed by atoms with van der Waals surface area (Å²) in [5.41, 5.74) is 4.45. The van der Waals surface area contributed by atoms with Crippen LogP contribution in [0.4, 0.5) is 0 Å². The molecule has 138 valence electrons. The van der Waals surface area contributed by atoms with E-state index in [1.54, 1.807) is 0 Å². The Morgan fingerprint density at radius 3 is 2.88 bits per heavy atom. The number of hydrogen-bond acceptors (Lipinski definition) is 3. The summed E-state index contributed by atoms with van der Waals surface area (Å²) in [5, 5.41) is 8.04. The molecule has 2 aliphatic rings. The lowest BCUT2D eigenvalue weighted by molar-refractivity contribution is 0.0728. The summed E-state index contributed by atoms with van der Waals surface area (Å²) in [6.45, 7) is 7.13. The van der Waals surface area contributed by atoms with Crippen LogP contribution in [0.15, 0.2) is 30.5 Å². The number of aryl methyl sites for hydroxylation is 1. The topological polar surface area (TPSA) is 50.2 Å². The van der Waals surface area contributed by atoms with Crippen LogP contribution >= 0.6 is 0 Å². The van der Waals surface area contributed by atoms with Crippen molar-refractivity contribution in [1.29, 1.82) is 0 Å². The summed E-state index contributed by atoms with van der Waals surface area (Å²) in [6, 6.07) is 8.83. The van der Waals surface area contributed by atoms with Gasteiger partial charge in [0.15, 0.2) is 0 Å². The van der Waals surface area contributed by atoms with Gasteiger partial charge in [0.25, 0.3) is 5.91 Å². The maximum absolute atomic E-state index is 13.2. The Bertz CT molecular complexity index is 791. The van der Waals surface area contributed by atoms with Crippen LogP contribution in [0.1, 0.15) is 64.9 Å². The molecule has 2 fully saturated rings. The van der Waals surface area contributed by atoms with Crippen LogP contribution in [-0.2, 0) is 0 Å². The van der Waals surface area contributed by atoms with Gasteiger partial charge in [0.2, 0.25) is 0 Å². The third-order valence-corrected chi connectivity index (χ3v) is 5.99. The number of benzene rings is 1. The Morgan fingerprint density at radius 1 is 1.19 bits per heavy atom. The van der Waals surface area contributed by atoms with Crippen molar-refractivity contribution in [1.82, 2.24) is 20.0 Å². The number of amides is 1. The number of carbonyl (C=O) groups excluding carboxylic acids is 1. The Balaban J connectivity index is 1.55. The normalized spacial score (nSPS) is 23.4. The molecule has 2 unspecified atom stereocenters. The van der Waals surface area contributed by atoms with Crippen molar-refractivity contribution in [3.63, 3.8) is 0 Å². The molecule has 0 bridgehead atoms. The van der Waals surface area contributed by atoms with Gasteiger partial charge >= 0.3 is 0 Å². The number of aromatic nitrogens is 2. The minimum atomic E-state index is 0.0657. The van der Waals surface area contributed by atoms with Crippen LogP contribution < -0.4 is 5.32 Å². The Labute approximate surface area is 155 Å². The van der Waals surface area contributed by atoms with Gasteiger partial charge in [-0.1, -0.05) is 18.2 Å². The number of nitrogens with one attached hydrogen (secondary N) is 1. The number of likely N-dealkylation sites (tertiary alicyclic amines) is 1. The van der Waals surface area contributed by atoms with Gasteiger partial charge in [-0.05, 0) is 68.8 Å². The maximum atomic E-state index is 13.2. The summed E-state index contributed by atoms with van der Waals surface area (Å²) < 4.78 is 1.97. The molecule has 0 saturated carbocycles. The molecule has 2 aromatic rings. The SMILES string of the molecule is Cc1cccc(C2CCCN2C(=O)c2ccn(C3CCCNC3)n2)c1C. The molecule has 5 nitrogen and oxygen atoms in total. The fourth-order valence-corrected chi connectivity index (χ4v) is 4.33. The van der Waals surface area contributed by atoms with E-state index in [1.807, 2.05) is 21.8 Å². The molecule has 26 heavy (non-hydrogen) atoms. The van der Waals surface area contributed by atoms with Crippen LogP contribution in [0.2, 0.25) is 0 Å². The van der Waals surface area contributed by atoms with E-state index in [-0.39, 0.29) is 11.9 Å².